The number of carbonyl (C=O) groups excluding carboxylic acids is 1. The van der Waals surface area contributed by atoms with Crippen LogP contribution in [-0.2, 0) is 11.3 Å². The van der Waals surface area contributed by atoms with Crippen LogP contribution >= 0.6 is 11.8 Å². The van der Waals surface area contributed by atoms with E-state index in [4.69, 9.17) is 5.73 Å². The molecule has 1 aromatic heterocycles. The van der Waals surface area contributed by atoms with Gasteiger partial charge in [0.2, 0.25) is 5.91 Å². The summed E-state index contributed by atoms with van der Waals surface area (Å²) in [4.78, 5) is 14.6. The van der Waals surface area contributed by atoms with Crippen molar-refractivity contribution in [3.8, 4) is 0 Å². The highest BCUT2D eigenvalue weighted by atomic mass is 32.2. The van der Waals surface area contributed by atoms with Crippen molar-refractivity contribution in [3.05, 3.63) is 30.5 Å². The van der Waals surface area contributed by atoms with Crippen LogP contribution in [0.2, 0.25) is 0 Å². The first-order chi connectivity index (χ1) is 12.1. The summed E-state index contributed by atoms with van der Waals surface area (Å²) < 4.78 is 2.27. The van der Waals surface area contributed by atoms with Crippen LogP contribution in [0.25, 0.3) is 10.9 Å². The molecule has 1 heterocycles. The molecule has 0 aliphatic heterocycles. The summed E-state index contributed by atoms with van der Waals surface area (Å²) in [6.07, 6.45) is 4.82. The van der Waals surface area contributed by atoms with Gasteiger partial charge in [0.1, 0.15) is 0 Å². The normalized spacial score (nSPS) is 12.7. The number of nitrogens with zero attached hydrogens (tertiary/aromatic N) is 2. The van der Waals surface area contributed by atoms with Gasteiger partial charge in [-0.3, -0.25) is 4.79 Å². The summed E-state index contributed by atoms with van der Waals surface area (Å²) >= 11 is 1.70. The summed E-state index contributed by atoms with van der Waals surface area (Å²) in [5.74, 6) is 0.776. The topological polar surface area (TPSA) is 63.3 Å². The van der Waals surface area contributed by atoms with Crippen LogP contribution in [0.1, 0.15) is 20.3 Å². The lowest BCUT2D eigenvalue weighted by Gasteiger charge is -2.18. The molecule has 0 bridgehead atoms. The standard InChI is InChI=1S/C19H30N4OS/c1-4-22(5-2)11-12-23-10-8-15-14-16(6-7-18(15)23)21-19(24)17(20)9-13-25-3/h6-8,10,14,17H,4-5,9,11-13,20H2,1-3H3,(H,21,24)/t17-/m0/s1. The molecule has 0 saturated carbocycles. The van der Waals surface area contributed by atoms with E-state index in [-0.39, 0.29) is 5.91 Å². The highest BCUT2D eigenvalue weighted by molar-refractivity contribution is 7.98. The zero-order chi connectivity index (χ0) is 18.2. The molecule has 0 radical (unpaired) electrons. The average Bonchev–Trinajstić information content (AvgIpc) is 3.02. The van der Waals surface area contributed by atoms with E-state index in [0.29, 0.717) is 6.42 Å². The number of anilines is 1. The molecule has 1 aromatic carbocycles. The fourth-order valence-electron chi connectivity index (χ4n) is 2.87. The molecule has 138 valence electrons. The summed E-state index contributed by atoms with van der Waals surface area (Å²) in [6, 6.07) is 7.68. The summed E-state index contributed by atoms with van der Waals surface area (Å²) in [6.45, 7) is 8.54. The minimum absolute atomic E-state index is 0.116. The van der Waals surface area contributed by atoms with E-state index >= 15 is 0 Å². The third kappa shape index (κ3) is 5.49. The molecular weight excluding hydrogens is 332 g/mol. The molecule has 0 unspecified atom stereocenters. The quantitative estimate of drug-likeness (QED) is 0.682. The number of benzene rings is 1. The number of fused-ring (bicyclic) bond motifs is 1. The third-order valence-corrected chi connectivity index (χ3v) is 5.20. The van der Waals surface area contributed by atoms with Gasteiger partial charge in [-0.1, -0.05) is 13.8 Å². The van der Waals surface area contributed by atoms with Crippen LogP contribution in [0.4, 0.5) is 5.69 Å². The van der Waals surface area contributed by atoms with Crippen LogP contribution in [0, 0.1) is 0 Å². The van der Waals surface area contributed by atoms with Gasteiger partial charge in [-0.2, -0.15) is 11.8 Å². The highest BCUT2D eigenvalue weighted by Gasteiger charge is 2.13. The van der Waals surface area contributed by atoms with Crippen LogP contribution in [0.15, 0.2) is 30.5 Å². The molecule has 1 amide bonds. The lowest BCUT2D eigenvalue weighted by atomic mass is 10.2. The number of nitrogens with one attached hydrogen (secondary N) is 1. The summed E-state index contributed by atoms with van der Waals surface area (Å²) in [5.41, 5.74) is 7.92. The Balaban J connectivity index is 2.02. The number of nitrogens with two attached hydrogens (primary N) is 1. The Morgan fingerprint density at radius 2 is 2.08 bits per heavy atom. The van der Waals surface area contributed by atoms with Gasteiger partial charge in [-0.25, -0.2) is 0 Å². The lowest BCUT2D eigenvalue weighted by molar-refractivity contribution is -0.117. The largest absolute Gasteiger partial charge is 0.346 e. The number of thioether (sulfide) groups is 1. The monoisotopic (exact) mass is 362 g/mol. The minimum atomic E-state index is -0.457. The summed E-state index contributed by atoms with van der Waals surface area (Å²) in [5, 5.41) is 4.06. The highest BCUT2D eigenvalue weighted by Crippen LogP contribution is 2.21. The first-order valence-electron chi connectivity index (χ1n) is 8.95. The fraction of sp³-hybridized carbons (Fsp3) is 0.526. The smallest absolute Gasteiger partial charge is 0.241 e. The van der Waals surface area contributed by atoms with Gasteiger partial charge in [0.25, 0.3) is 0 Å². The number of hydrogen-bond donors (Lipinski definition) is 2. The van der Waals surface area contributed by atoms with Crippen LogP contribution in [0.3, 0.4) is 0 Å². The zero-order valence-corrected chi connectivity index (χ0v) is 16.3. The van der Waals surface area contributed by atoms with E-state index in [1.54, 1.807) is 11.8 Å². The maximum atomic E-state index is 12.1. The molecule has 6 heteroatoms. The molecule has 25 heavy (non-hydrogen) atoms. The van der Waals surface area contributed by atoms with E-state index in [1.165, 1.54) is 5.52 Å². The van der Waals surface area contributed by atoms with Gasteiger partial charge in [0.15, 0.2) is 0 Å². The predicted molar refractivity (Wildman–Crippen MR) is 109 cm³/mol. The molecule has 0 aliphatic carbocycles. The van der Waals surface area contributed by atoms with Crippen molar-refractivity contribution in [2.75, 3.05) is 37.0 Å². The molecular formula is C19H30N4OS. The SMILES string of the molecule is CCN(CC)CCn1ccc2cc(NC(=O)[C@@H](N)CCSC)ccc21. The number of amides is 1. The number of likely N-dealkylation sites (N-methyl/N-ethyl adjacent to an activating group) is 1. The molecule has 3 N–H and O–H groups in total. The van der Waals surface area contributed by atoms with E-state index in [9.17, 15) is 4.79 Å². The van der Waals surface area contributed by atoms with Crippen molar-refractivity contribution in [2.45, 2.75) is 32.9 Å². The van der Waals surface area contributed by atoms with Crippen molar-refractivity contribution in [1.29, 1.82) is 0 Å². The van der Waals surface area contributed by atoms with Gasteiger partial charge < -0.3 is 20.5 Å². The Morgan fingerprint density at radius 3 is 2.76 bits per heavy atom. The minimum Gasteiger partial charge on any atom is -0.346 e. The zero-order valence-electron chi connectivity index (χ0n) is 15.5. The van der Waals surface area contributed by atoms with E-state index in [2.05, 4.69) is 47.0 Å². The molecule has 2 aromatic rings. The molecule has 0 fully saturated rings. The van der Waals surface area contributed by atoms with E-state index in [0.717, 1.165) is 43.0 Å². The molecule has 0 saturated heterocycles. The van der Waals surface area contributed by atoms with E-state index < -0.39 is 6.04 Å². The second-order valence-corrected chi connectivity index (χ2v) is 7.17. The van der Waals surface area contributed by atoms with Crippen LogP contribution in [0.5, 0.6) is 0 Å². The fourth-order valence-corrected chi connectivity index (χ4v) is 3.36. The number of hydrogen-bond acceptors (Lipinski definition) is 4. The maximum absolute atomic E-state index is 12.1. The van der Waals surface area contributed by atoms with Crippen LogP contribution in [-0.4, -0.2) is 53.1 Å². The Morgan fingerprint density at radius 1 is 1.32 bits per heavy atom. The lowest BCUT2D eigenvalue weighted by Crippen LogP contribution is -2.36. The van der Waals surface area contributed by atoms with Crippen molar-refractivity contribution >= 4 is 34.3 Å². The number of aromatic nitrogens is 1. The first kappa shape index (κ1) is 19.8. The summed E-state index contributed by atoms with van der Waals surface area (Å²) in [7, 11) is 0. The van der Waals surface area contributed by atoms with Crippen LogP contribution < -0.4 is 11.1 Å². The van der Waals surface area contributed by atoms with Gasteiger partial charge in [0, 0.05) is 35.9 Å². The average molecular weight is 363 g/mol. The molecule has 2 rings (SSSR count). The van der Waals surface area contributed by atoms with Gasteiger partial charge >= 0.3 is 0 Å². The Bertz CT molecular complexity index is 681. The van der Waals surface area contributed by atoms with E-state index in [1.807, 2.05) is 18.4 Å². The second kappa shape index (κ2) is 9.85. The van der Waals surface area contributed by atoms with Crippen molar-refractivity contribution < 1.29 is 4.79 Å². The molecule has 1 atom stereocenters. The number of rotatable bonds is 10. The molecule has 5 nitrogen and oxygen atoms in total. The van der Waals surface area contributed by atoms with Gasteiger partial charge in [-0.15, -0.1) is 0 Å². The van der Waals surface area contributed by atoms with Gasteiger partial charge in [0.05, 0.1) is 6.04 Å². The molecule has 0 spiro atoms. The Kier molecular flexibility index (Phi) is 7.81. The molecule has 0 aliphatic rings. The number of carbonyl (C=O) groups is 1. The van der Waals surface area contributed by atoms with Crippen molar-refractivity contribution in [2.24, 2.45) is 5.73 Å². The second-order valence-electron chi connectivity index (χ2n) is 6.19. The van der Waals surface area contributed by atoms with Gasteiger partial charge in [-0.05, 0) is 55.8 Å². The Hall–Kier alpha value is -1.50. The Labute approximate surface area is 154 Å². The first-order valence-corrected chi connectivity index (χ1v) is 10.3. The van der Waals surface area contributed by atoms with Crippen molar-refractivity contribution in [1.82, 2.24) is 9.47 Å². The maximum Gasteiger partial charge on any atom is 0.241 e. The van der Waals surface area contributed by atoms with Crippen molar-refractivity contribution in [3.63, 3.8) is 0 Å². The third-order valence-electron chi connectivity index (χ3n) is 4.56. The predicted octanol–water partition coefficient (Wildman–Crippen LogP) is 3.00.